The second-order valence-corrected chi connectivity index (χ2v) is 11.9. The minimum atomic E-state index is -4.13. The van der Waals surface area contributed by atoms with E-state index in [4.69, 9.17) is 4.74 Å². The summed E-state index contributed by atoms with van der Waals surface area (Å²) in [5.41, 5.74) is 2.99. The summed E-state index contributed by atoms with van der Waals surface area (Å²) < 4.78 is 34.5. The predicted molar refractivity (Wildman–Crippen MR) is 168 cm³/mol. The van der Waals surface area contributed by atoms with Crippen molar-refractivity contribution in [2.24, 2.45) is 0 Å². The molecule has 0 unspecified atom stereocenters. The van der Waals surface area contributed by atoms with Gasteiger partial charge in [-0.25, -0.2) is 8.42 Å². The van der Waals surface area contributed by atoms with Gasteiger partial charge in [0.2, 0.25) is 11.8 Å². The number of ether oxygens (including phenoxy) is 1. The fourth-order valence-electron chi connectivity index (χ4n) is 4.83. The van der Waals surface area contributed by atoms with Crippen LogP contribution in [0.2, 0.25) is 0 Å². The number of methoxy groups -OCH3 is 1. The van der Waals surface area contributed by atoms with Gasteiger partial charge in [-0.15, -0.1) is 0 Å². The lowest BCUT2D eigenvalue weighted by molar-refractivity contribution is -0.139. The summed E-state index contributed by atoms with van der Waals surface area (Å²) in [6, 6.07) is 30.9. The molecule has 0 radical (unpaired) electrons. The molecule has 1 N–H and O–H groups in total. The summed E-state index contributed by atoms with van der Waals surface area (Å²) in [6.45, 7) is 1.57. The van der Waals surface area contributed by atoms with Crippen molar-refractivity contribution in [2.45, 2.75) is 37.2 Å². The topological polar surface area (TPSA) is 96.0 Å². The lowest BCUT2D eigenvalue weighted by atomic mass is 10.0. The number of benzene rings is 4. The standard InChI is InChI=1S/C34H37N3O5S/c1-4-26-18-20-29(21-19-26)37(43(40,41)31-16-9-6-10-17-31)25-33(38)36(24-28-14-11-15-30(22-28)42-3)32(34(39)35-2)23-27-12-7-5-8-13-27/h5-22,32H,4,23-25H2,1-3H3,(H,35,39)/t32-/m1/s1. The van der Waals surface area contributed by atoms with Gasteiger partial charge < -0.3 is 15.0 Å². The molecule has 0 fully saturated rings. The summed E-state index contributed by atoms with van der Waals surface area (Å²) in [7, 11) is -1.05. The third-order valence-electron chi connectivity index (χ3n) is 7.25. The minimum Gasteiger partial charge on any atom is -0.497 e. The number of carbonyl (C=O) groups excluding carboxylic acids is 2. The molecule has 0 bridgehead atoms. The van der Waals surface area contributed by atoms with E-state index in [9.17, 15) is 18.0 Å². The molecule has 0 aliphatic heterocycles. The summed E-state index contributed by atoms with van der Waals surface area (Å²) in [4.78, 5) is 29.2. The molecule has 0 aliphatic carbocycles. The Balaban J connectivity index is 1.78. The van der Waals surface area contributed by atoms with E-state index in [-0.39, 0.29) is 23.8 Å². The van der Waals surface area contributed by atoms with E-state index in [2.05, 4.69) is 5.32 Å². The highest BCUT2D eigenvalue weighted by Gasteiger charge is 2.34. The minimum absolute atomic E-state index is 0.0638. The molecule has 4 aromatic carbocycles. The Labute approximate surface area is 254 Å². The van der Waals surface area contributed by atoms with Crippen LogP contribution in [0, 0.1) is 0 Å². The number of carbonyl (C=O) groups is 2. The van der Waals surface area contributed by atoms with Crippen molar-refractivity contribution in [3.05, 3.63) is 126 Å². The van der Waals surface area contributed by atoms with E-state index in [0.717, 1.165) is 27.4 Å². The van der Waals surface area contributed by atoms with E-state index in [1.165, 1.54) is 24.1 Å². The molecule has 4 rings (SSSR count). The van der Waals surface area contributed by atoms with E-state index in [1.54, 1.807) is 49.6 Å². The maximum Gasteiger partial charge on any atom is 0.264 e. The first-order valence-electron chi connectivity index (χ1n) is 14.1. The number of likely N-dealkylation sites (N-methyl/N-ethyl adjacent to an activating group) is 1. The molecule has 0 spiro atoms. The molecule has 0 saturated heterocycles. The highest BCUT2D eigenvalue weighted by molar-refractivity contribution is 7.92. The number of hydrogen-bond donors (Lipinski definition) is 1. The summed E-state index contributed by atoms with van der Waals surface area (Å²) in [6.07, 6.45) is 1.03. The van der Waals surface area contributed by atoms with Crippen molar-refractivity contribution in [3.8, 4) is 5.75 Å². The SMILES string of the molecule is CCc1ccc(N(CC(=O)N(Cc2cccc(OC)c2)[C@H](Cc2ccccc2)C(=O)NC)S(=O)(=O)c2ccccc2)cc1. The quantitative estimate of drug-likeness (QED) is 0.237. The van der Waals surface area contributed by atoms with E-state index < -0.39 is 28.5 Å². The molecular formula is C34H37N3O5S. The van der Waals surface area contributed by atoms with Crippen LogP contribution in [0.1, 0.15) is 23.6 Å². The van der Waals surface area contributed by atoms with Crippen LogP contribution in [0.5, 0.6) is 5.75 Å². The van der Waals surface area contributed by atoms with Crippen LogP contribution in [0.4, 0.5) is 5.69 Å². The number of aryl methyl sites for hydroxylation is 1. The molecule has 8 nitrogen and oxygen atoms in total. The number of hydrogen-bond acceptors (Lipinski definition) is 5. The van der Waals surface area contributed by atoms with Gasteiger partial charge in [0, 0.05) is 20.0 Å². The molecular weight excluding hydrogens is 562 g/mol. The van der Waals surface area contributed by atoms with Crippen LogP contribution in [-0.4, -0.2) is 51.9 Å². The van der Waals surface area contributed by atoms with Crippen molar-refractivity contribution in [3.63, 3.8) is 0 Å². The third-order valence-corrected chi connectivity index (χ3v) is 9.04. The van der Waals surface area contributed by atoms with E-state index >= 15 is 0 Å². The van der Waals surface area contributed by atoms with Crippen molar-refractivity contribution >= 4 is 27.5 Å². The Morgan fingerprint density at radius 1 is 0.814 bits per heavy atom. The predicted octanol–water partition coefficient (Wildman–Crippen LogP) is 4.84. The van der Waals surface area contributed by atoms with Crippen LogP contribution in [0.3, 0.4) is 0 Å². The normalized spacial score (nSPS) is 11.8. The van der Waals surface area contributed by atoms with Crippen LogP contribution in [0.15, 0.2) is 114 Å². The molecule has 0 heterocycles. The zero-order chi connectivity index (χ0) is 30.8. The van der Waals surface area contributed by atoms with Crippen molar-refractivity contribution < 1.29 is 22.7 Å². The molecule has 224 valence electrons. The Morgan fingerprint density at radius 2 is 1.44 bits per heavy atom. The van der Waals surface area contributed by atoms with Gasteiger partial charge in [0.15, 0.2) is 0 Å². The van der Waals surface area contributed by atoms with Crippen LogP contribution in [0.25, 0.3) is 0 Å². The van der Waals surface area contributed by atoms with Gasteiger partial charge >= 0.3 is 0 Å². The Morgan fingerprint density at radius 3 is 2.05 bits per heavy atom. The number of amides is 2. The smallest absolute Gasteiger partial charge is 0.264 e. The lowest BCUT2D eigenvalue weighted by Gasteiger charge is -2.33. The van der Waals surface area contributed by atoms with Crippen molar-refractivity contribution in [1.29, 1.82) is 0 Å². The molecule has 43 heavy (non-hydrogen) atoms. The number of anilines is 1. The third kappa shape index (κ3) is 7.81. The van der Waals surface area contributed by atoms with E-state index in [0.29, 0.717) is 11.4 Å². The Kier molecular flexibility index (Phi) is 10.6. The number of nitrogens with zero attached hydrogens (tertiary/aromatic N) is 2. The second kappa shape index (κ2) is 14.5. The van der Waals surface area contributed by atoms with Crippen molar-refractivity contribution in [1.82, 2.24) is 10.2 Å². The van der Waals surface area contributed by atoms with Crippen LogP contribution >= 0.6 is 0 Å². The first-order valence-corrected chi connectivity index (χ1v) is 15.6. The monoisotopic (exact) mass is 599 g/mol. The zero-order valence-corrected chi connectivity index (χ0v) is 25.5. The van der Waals surface area contributed by atoms with Gasteiger partial charge in [-0.1, -0.05) is 79.7 Å². The Hall–Kier alpha value is -4.63. The molecule has 1 atom stereocenters. The lowest BCUT2D eigenvalue weighted by Crippen LogP contribution is -2.53. The second-order valence-electron chi connectivity index (χ2n) is 10.0. The first-order chi connectivity index (χ1) is 20.8. The van der Waals surface area contributed by atoms with Crippen molar-refractivity contribution in [2.75, 3.05) is 25.0 Å². The summed E-state index contributed by atoms with van der Waals surface area (Å²) in [5.74, 6) is -0.273. The number of rotatable bonds is 13. The molecule has 2 amide bonds. The van der Waals surface area contributed by atoms with Gasteiger partial charge in [0.05, 0.1) is 17.7 Å². The van der Waals surface area contributed by atoms with Gasteiger partial charge in [0.1, 0.15) is 18.3 Å². The fourth-order valence-corrected chi connectivity index (χ4v) is 6.27. The number of sulfonamides is 1. The highest BCUT2D eigenvalue weighted by atomic mass is 32.2. The fraction of sp³-hybridized carbons (Fsp3) is 0.235. The van der Waals surface area contributed by atoms with Crippen LogP contribution in [-0.2, 0) is 39.0 Å². The van der Waals surface area contributed by atoms with E-state index in [1.807, 2.05) is 61.5 Å². The zero-order valence-electron chi connectivity index (χ0n) is 24.6. The van der Waals surface area contributed by atoms with Gasteiger partial charge in [-0.2, -0.15) is 0 Å². The molecule has 0 saturated carbocycles. The van der Waals surface area contributed by atoms with Gasteiger partial charge in [0.25, 0.3) is 10.0 Å². The average Bonchev–Trinajstić information content (AvgIpc) is 3.05. The highest BCUT2D eigenvalue weighted by Crippen LogP contribution is 2.26. The maximum absolute atomic E-state index is 14.3. The molecule has 0 aliphatic rings. The largest absolute Gasteiger partial charge is 0.497 e. The Bertz CT molecular complexity index is 1610. The summed E-state index contributed by atoms with van der Waals surface area (Å²) in [5, 5.41) is 2.69. The maximum atomic E-state index is 14.3. The molecule has 9 heteroatoms. The first kappa shape index (κ1) is 31.3. The molecule has 4 aromatic rings. The van der Waals surface area contributed by atoms with Gasteiger partial charge in [-0.05, 0) is 59.5 Å². The van der Waals surface area contributed by atoms with Crippen LogP contribution < -0.4 is 14.4 Å². The molecule has 0 aromatic heterocycles. The average molecular weight is 600 g/mol. The van der Waals surface area contributed by atoms with Gasteiger partial charge in [-0.3, -0.25) is 13.9 Å². The summed E-state index contributed by atoms with van der Waals surface area (Å²) >= 11 is 0. The number of nitrogens with one attached hydrogen (secondary N) is 1.